The van der Waals surface area contributed by atoms with E-state index in [1.54, 1.807) is 24.3 Å². The van der Waals surface area contributed by atoms with Crippen molar-refractivity contribution in [1.82, 2.24) is 15.1 Å². The van der Waals surface area contributed by atoms with Gasteiger partial charge in [-0.3, -0.25) is 14.6 Å². The number of nitrogens with zero attached hydrogens (tertiary/aromatic N) is 2. The first kappa shape index (κ1) is 25.5. The Hall–Kier alpha value is -2.12. The zero-order valence-corrected chi connectivity index (χ0v) is 22.0. The summed E-state index contributed by atoms with van der Waals surface area (Å²) in [5.41, 5.74) is 2.89. The zero-order valence-electron chi connectivity index (χ0n) is 19.7. The molecule has 2 heterocycles. The molecule has 8 heteroatoms. The molecule has 2 aliphatic heterocycles. The van der Waals surface area contributed by atoms with Crippen molar-refractivity contribution in [3.63, 3.8) is 0 Å². The summed E-state index contributed by atoms with van der Waals surface area (Å²) >= 11 is 18.4. The van der Waals surface area contributed by atoms with Crippen LogP contribution in [0, 0.1) is 0 Å². The van der Waals surface area contributed by atoms with Gasteiger partial charge in [0.2, 0.25) is 0 Å². The van der Waals surface area contributed by atoms with Gasteiger partial charge in [0.15, 0.2) is 0 Å². The number of likely N-dealkylation sites (tertiary alicyclic amines) is 1. The van der Waals surface area contributed by atoms with E-state index >= 15 is 0 Å². The van der Waals surface area contributed by atoms with Crippen LogP contribution in [0.4, 0.5) is 0 Å². The Morgan fingerprint density at radius 2 is 1.28 bits per heavy atom. The molecule has 3 aromatic carbocycles. The lowest BCUT2D eigenvalue weighted by Crippen LogP contribution is -2.54. The molecule has 0 aromatic heterocycles. The SMILES string of the molecule is O=C(NC1CN(C(c2ccc(Cl)cc2)c2ccc(Cl)cc2)CC1N1CCOCC1)c1ccc(Cl)cc1. The molecule has 2 unspecified atom stereocenters. The van der Waals surface area contributed by atoms with E-state index in [2.05, 4.69) is 39.4 Å². The van der Waals surface area contributed by atoms with Crippen LogP contribution in [0.1, 0.15) is 27.5 Å². The molecule has 5 rings (SSSR count). The highest BCUT2D eigenvalue weighted by molar-refractivity contribution is 6.31. The lowest BCUT2D eigenvalue weighted by molar-refractivity contribution is 0.0136. The standard InChI is InChI=1S/C28H28Cl3N3O2/c29-22-7-1-19(2-8-22)27(20-3-9-23(30)10-4-20)34-17-25(26(18-34)33-13-15-36-16-14-33)32-28(35)21-5-11-24(31)12-6-21/h1-12,25-27H,13-18H2,(H,32,35). The number of amides is 1. The number of halogens is 3. The summed E-state index contributed by atoms with van der Waals surface area (Å²) in [6.45, 7) is 4.60. The zero-order chi connectivity index (χ0) is 25.1. The molecule has 2 atom stereocenters. The van der Waals surface area contributed by atoms with E-state index in [1.165, 1.54) is 0 Å². The molecular weight excluding hydrogens is 517 g/mol. The van der Waals surface area contributed by atoms with E-state index in [0.29, 0.717) is 40.4 Å². The van der Waals surface area contributed by atoms with Crippen LogP contribution in [-0.2, 0) is 4.74 Å². The molecule has 0 aliphatic carbocycles. The van der Waals surface area contributed by atoms with E-state index in [0.717, 1.165) is 30.8 Å². The van der Waals surface area contributed by atoms with E-state index in [-0.39, 0.29) is 24.0 Å². The second-order valence-corrected chi connectivity index (χ2v) is 10.6. The molecular formula is C28H28Cl3N3O2. The Balaban J connectivity index is 1.45. The summed E-state index contributed by atoms with van der Waals surface area (Å²) in [4.78, 5) is 18.1. The highest BCUT2D eigenvalue weighted by Gasteiger charge is 2.41. The summed E-state index contributed by atoms with van der Waals surface area (Å²) < 4.78 is 5.61. The number of carbonyl (C=O) groups excluding carboxylic acids is 1. The second kappa shape index (κ2) is 11.5. The van der Waals surface area contributed by atoms with Crippen molar-refractivity contribution in [3.8, 4) is 0 Å². The average Bonchev–Trinajstić information content (AvgIpc) is 3.30. The third-order valence-electron chi connectivity index (χ3n) is 6.99. The van der Waals surface area contributed by atoms with Gasteiger partial charge in [0.1, 0.15) is 0 Å². The molecule has 3 aromatic rings. The molecule has 0 bridgehead atoms. The maximum atomic E-state index is 13.2. The first-order valence-electron chi connectivity index (χ1n) is 12.1. The minimum atomic E-state index is -0.0914. The van der Waals surface area contributed by atoms with Gasteiger partial charge in [-0.05, 0) is 59.7 Å². The summed E-state index contributed by atoms with van der Waals surface area (Å²) in [5, 5.41) is 5.34. The number of carbonyl (C=O) groups is 1. The van der Waals surface area contributed by atoms with Gasteiger partial charge >= 0.3 is 0 Å². The first-order chi connectivity index (χ1) is 17.5. The molecule has 5 nitrogen and oxygen atoms in total. The lowest BCUT2D eigenvalue weighted by atomic mass is 9.97. The van der Waals surface area contributed by atoms with Gasteiger partial charge in [0, 0.05) is 52.9 Å². The van der Waals surface area contributed by atoms with E-state index < -0.39 is 0 Å². The van der Waals surface area contributed by atoms with Crippen LogP contribution >= 0.6 is 34.8 Å². The second-order valence-electron chi connectivity index (χ2n) is 9.26. The van der Waals surface area contributed by atoms with Crippen LogP contribution in [-0.4, -0.2) is 67.2 Å². The van der Waals surface area contributed by atoms with Crippen molar-refractivity contribution in [2.75, 3.05) is 39.4 Å². The molecule has 188 valence electrons. The van der Waals surface area contributed by atoms with E-state index in [9.17, 15) is 4.79 Å². The smallest absolute Gasteiger partial charge is 0.251 e. The van der Waals surface area contributed by atoms with Gasteiger partial charge in [-0.1, -0.05) is 59.1 Å². The van der Waals surface area contributed by atoms with Gasteiger partial charge in [0.05, 0.1) is 25.3 Å². The first-order valence-corrected chi connectivity index (χ1v) is 13.2. The Labute approximate surface area is 226 Å². The maximum Gasteiger partial charge on any atom is 0.251 e. The van der Waals surface area contributed by atoms with E-state index in [4.69, 9.17) is 39.5 Å². The van der Waals surface area contributed by atoms with Crippen molar-refractivity contribution in [2.24, 2.45) is 0 Å². The average molecular weight is 545 g/mol. The minimum Gasteiger partial charge on any atom is -0.379 e. The molecule has 0 radical (unpaired) electrons. The molecule has 36 heavy (non-hydrogen) atoms. The number of morpholine rings is 1. The number of nitrogens with one attached hydrogen (secondary N) is 1. The predicted molar refractivity (Wildman–Crippen MR) is 145 cm³/mol. The number of hydrogen-bond donors (Lipinski definition) is 1. The molecule has 0 saturated carbocycles. The molecule has 1 amide bonds. The van der Waals surface area contributed by atoms with Crippen LogP contribution < -0.4 is 5.32 Å². The van der Waals surface area contributed by atoms with Gasteiger partial charge < -0.3 is 10.1 Å². The van der Waals surface area contributed by atoms with Crippen LogP contribution in [0.2, 0.25) is 15.1 Å². The summed E-state index contributed by atoms with van der Waals surface area (Å²) in [7, 11) is 0. The largest absolute Gasteiger partial charge is 0.379 e. The molecule has 2 fully saturated rings. The van der Waals surface area contributed by atoms with Crippen molar-refractivity contribution < 1.29 is 9.53 Å². The van der Waals surface area contributed by atoms with Gasteiger partial charge in [-0.25, -0.2) is 0 Å². The number of benzene rings is 3. The fourth-order valence-electron chi connectivity index (χ4n) is 5.21. The maximum absolute atomic E-state index is 13.2. The lowest BCUT2D eigenvalue weighted by Gasteiger charge is -2.35. The van der Waals surface area contributed by atoms with Gasteiger partial charge in [-0.2, -0.15) is 0 Å². The van der Waals surface area contributed by atoms with Crippen molar-refractivity contribution in [1.29, 1.82) is 0 Å². The number of hydrogen-bond acceptors (Lipinski definition) is 4. The number of rotatable bonds is 6. The normalized spacial score (nSPS) is 21.1. The van der Waals surface area contributed by atoms with Gasteiger partial charge in [0.25, 0.3) is 5.91 Å². The van der Waals surface area contributed by atoms with Crippen molar-refractivity contribution >= 4 is 40.7 Å². The summed E-state index contributed by atoms with van der Waals surface area (Å²) in [6.07, 6.45) is 0. The fourth-order valence-corrected chi connectivity index (χ4v) is 5.58. The Morgan fingerprint density at radius 3 is 1.81 bits per heavy atom. The fraction of sp³-hybridized carbons (Fsp3) is 0.321. The van der Waals surface area contributed by atoms with Crippen LogP contribution in [0.25, 0.3) is 0 Å². The van der Waals surface area contributed by atoms with Gasteiger partial charge in [-0.15, -0.1) is 0 Å². The minimum absolute atomic E-state index is 0.000470. The van der Waals surface area contributed by atoms with Crippen molar-refractivity contribution in [3.05, 3.63) is 105 Å². The van der Waals surface area contributed by atoms with Crippen molar-refractivity contribution in [2.45, 2.75) is 18.1 Å². The molecule has 2 saturated heterocycles. The monoisotopic (exact) mass is 543 g/mol. The Bertz CT molecular complexity index is 1120. The summed E-state index contributed by atoms with van der Waals surface area (Å²) in [5.74, 6) is -0.0914. The quantitative estimate of drug-likeness (QED) is 0.442. The van der Waals surface area contributed by atoms with Crippen LogP contribution in [0.3, 0.4) is 0 Å². The molecule has 1 N–H and O–H groups in total. The molecule has 2 aliphatic rings. The highest BCUT2D eigenvalue weighted by atomic mass is 35.5. The summed E-state index contributed by atoms with van der Waals surface area (Å²) in [6, 6.07) is 23.1. The van der Waals surface area contributed by atoms with Crippen LogP contribution in [0.15, 0.2) is 72.8 Å². The third-order valence-corrected chi connectivity index (χ3v) is 7.75. The molecule has 0 spiro atoms. The van der Waals surface area contributed by atoms with Crippen LogP contribution in [0.5, 0.6) is 0 Å². The highest BCUT2D eigenvalue weighted by Crippen LogP contribution is 2.34. The predicted octanol–water partition coefficient (Wildman–Crippen LogP) is 5.55. The van der Waals surface area contributed by atoms with E-state index in [1.807, 2.05) is 24.3 Å². The Kier molecular flexibility index (Phi) is 8.16. The number of ether oxygens (including phenoxy) is 1. The Morgan fingerprint density at radius 1 is 0.778 bits per heavy atom. The topological polar surface area (TPSA) is 44.8 Å². The third kappa shape index (κ3) is 5.88.